The monoisotopic (exact) mass is 462 g/mol. The van der Waals surface area contributed by atoms with Crippen LogP contribution in [0.3, 0.4) is 0 Å². The van der Waals surface area contributed by atoms with Crippen molar-refractivity contribution in [3.8, 4) is 11.5 Å². The highest BCUT2D eigenvalue weighted by Gasteiger charge is 2.57. The minimum atomic E-state index is -0.618. The number of para-hydroxylation sites is 1. The topological polar surface area (TPSA) is 50.8 Å². The summed E-state index contributed by atoms with van der Waals surface area (Å²) < 4.78 is 11.6. The molecule has 34 heavy (non-hydrogen) atoms. The average Bonchev–Trinajstić information content (AvgIpc) is 3.04. The summed E-state index contributed by atoms with van der Waals surface area (Å²) in [7, 11) is 1.68. The molecule has 1 atom stereocenters. The van der Waals surface area contributed by atoms with Crippen molar-refractivity contribution >= 4 is 17.7 Å². The van der Waals surface area contributed by atoms with Crippen molar-refractivity contribution in [2.24, 2.45) is 0 Å². The van der Waals surface area contributed by atoms with E-state index in [-0.39, 0.29) is 11.3 Å². The number of nitrogens with one attached hydrogen (secondary N) is 1. The van der Waals surface area contributed by atoms with E-state index < -0.39 is 5.66 Å². The molecule has 1 saturated heterocycles. The number of amides is 1. The first-order valence-corrected chi connectivity index (χ1v) is 12.6. The molecule has 2 aromatic carbocycles. The molecule has 2 heterocycles. The second-order valence-electron chi connectivity index (χ2n) is 9.86. The summed E-state index contributed by atoms with van der Waals surface area (Å²) in [4.78, 5) is 14.9. The number of carbonyl (C=O) groups is 1. The van der Waals surface area contributed by atoms with Gasteiger partial charge in [0.05, 0.1) is 13.7 Å². The molecule has 0 spiro atoms. The van der Waals surface area contributed by atoms with Crippen molar-refractivity contribution in [2.45, 2.75) is 70.4 Å². The molecule has 5 nitrogen and oxygen atoms in total. The average molecular weight is 463 g/mol. The lowest BCUT2D eigenvalue weighted by atomic mass is 9.74. The summed E-state index contributed by atoms with van der Waals surface area (Å²) >= 11 is 0. The third-order valence-corrected chi connectivity index (χ3v) is 7.35. The van der Waals surface area contributed by atoms with Crippen LogP contribution < -0.4 is 19.7 Å². The van der Waals surface area contributed by atoms with E-state index in [2.05, 4.69) is 67.4 Å². The molecule has 0 unspecified atom stereocenters. The predicted octanol–water partition coefficient (Wildman–Crippen LogP) is 6.07. The van der Waals surface area contributed by atoms with Crippen LogP contribution in [0.4, 0.5) is 5.69 Å². The van der Waals surface area contributed by atoms with Gasteiger partial charge in [-0.15, -0.1) is 0 Å². The fraction of sp³-hybridized carbons (Fsp3) is 0.483. The molecule has 2 aromatic rings. The summed E-state index contributed by atoms with van der Waals surface area (Å²) in [5, 5.41) is 3.33. The minimum Gasteiger partial charge on any atom is -0.493 e. The van der Waals surface area contributed by atoms with Gasteiger partial charge in [-0.1, -0.05) is 76.8 Å². The van der Waals surface area contributed by atoms with Crippen LogP contribution in [0.1, 0.15) is 70.4 Å². The number of methoxy groups -OCH3 is 1. The number of anilines is 1. The number of carbonyl (C=O) groups excluding carboxylic acids is 1. The number of ether oxygens (including phenoxy) is 2. The van der Waals surface area contributed by atoms with Gasteiger partial charge in [0.15, 0.2) is 11.5 Å². The Morgan fingerprint density at radius 2 is 1.85 bits per heavy atom. The van der Waals surface area contributed by atoms with Gasteiger partial charge >= 0.3 is 0 Å². The lowest BCUT2D eigenvalue weighted by Crippen LogP contribution is -2.68. The molecule has 0 saturated carbocycles. The van der Waals surface area contributed by atoms with Crippen LogP contribution in [0, 0.1) is 0 Å². The molecule has 0 radical (unpaired) electrons. The van der Waals surface area contributed by atoms with Gasteiger partial charge in [-0.2, -0.15) is 0 Å². The van der Waals surface area contributed by atoms with E-state index in [1.807, 2.05) is 18.2 Å². The molecule has 5 heteroatoms. The fourth-order valence-corrected chi connectivity index (χ4v) is 5.33. The second kappa shape index (κ2) is 10.1. The van der Waals surface area contributed by atoms with E-state index in [1.54, 1.807) is 7.11 Å². The van der Waals surface area contributed by atoms with E-state index in [0.717, 1.165) is 23.5 Å². The lowest BCUT2D eigenvalue weighted by Gasteiger charge is -2.49. The number of hydrogen-bond acceptors (Lipinski definition) is 4. The van der Waals surface area contributed by atoms with E-state index in [0.29, 0.717) is 19.6 Å². The lowest BCUT2D eigenvalue weighted by molar-refractivity contribution is -0.124. The second-order valence-corrected chi connectivity index (χ2v) is 9.86. The van der Waals surface area contributed by atoms with Crippen molar-refractivity contribution in [3.63, 3.8) is 0 Å². The molecular weight excluding hydrogens is 424 g/mol. The summed E-state index contributed by atoms with van der Waals surface area (Å²) in [5.74, 6) is 1.59. The molecule has 1 amide bonds. The van der Waals surface area contributed by atoms with E-state index in [9.17, 15) is 4.79 Å². The third kappa shape index (κ3) is 4.40. The standard InChI is InChI=1S/C29H38N2O3/c1-5-6-7-8-11-20-34-25-15-14-22(21-26(25)33-4)16-18-29-28(2,3)23-12-9-10-13-24(23)31(29)19-17-27(32)30-29/h9-10,12-16,18,21H,5-8,11,17,19-20H2,1-4H3,(H,30,32)/b18-16+/t29-/m0/s1. The van der Waals surface area contributed by atoms with Crippen LogP contribution >= 0.6 is 0 Å². The van der Waals surface area contributed by atoms with Crippen LogP contribution in [0.25, 0.3) is 6.08 Å². The third-order valence-electron chi connectivity index (χ3n) is 7.35. The van der Waals surface area contributed by atoms with Gasteiger partial charge in [-0.05, 0) is 41.8 Å². The van der Waals surface area contributed by atoms with Gasteiger partial charge in [-0.25, -0.2) is 0 Å². The van der Waals surface area contributed by atoms with E-state index in [1.165, 1.54) is 36.9 Å². The van der Waals surface area contributed by atoms with E-state index in [4.69, 9.17) is 9.47 Å². The molecule has 1 N–H and O–H groups in total. The Labute approximate surface area is 204 Å². The first-order chi connectivity index (χ1) is 16.4. The summed E-state index contributed by atoms with van der Waals surface area (Å²) in [5.41, 5.74) is 2.54. The Morgan fingerprint density at radius 3 is 2.65 bits per heavy atom. The largest absolute Gasteiger partial charge is 0.493 e. The minimum absolute atomic E-state index is 0.0852. The Kier molecular flexibility index (Phi) is 7.20. The summed E-state index contributed by atoms with van der Waals surface area (Å²) in [6.45, 7) is 8.04. The highest BCUT2D eigenvalue weighted by atomic mass is 16.5. The summed E-state index contributed by atoms with van der Waals surface area (Å²) in [6, 6.07) is 14.5. The first-order valence-electron chi connectivity index (χ1n) is 12.6. The van der Waals surface area contributed by atoms with Gasteiger partial charge in [0.2, 0.25) is 5.91 Å². The van der Waals surface area contributed by atoms with Gasteiger partial charge in [0.1, 0.15) is 5.66 Å². The number of rotatable bonds is 10. The predicted molar refractivity (Wildman–Crippen MR) is 139 cm³/mol. The number of fused-ring (bicyclic) bond motifs is 3. The molecule has 0 aliphatic carbocycles. The maximum absolute atomic E-state index is 12.6. The highest BCUT2D eigenvalue weighted by molar-refractivity contribution is 5.84. The molecule has 2 aliphatic heterocycles. The molecular formula is C29H38N2O3. The Balaban J connectivity index is 1.55. The molecule has 2 aliphatic rings. The molecule has 0 bridgehead atoms. The van der Waals surface area contributed by atoms with Crippen LogP contribution in [-0.2, 0) is 10.2 Å². The van der Waals surface area contributed by atoms with E-state index >= 15 is 0 Å². The SMILES string of the molecule is CCCCCCCOc1ccc(/C=C/[C@]23NC(=O)CCN2c2ccccc2C3(C)C)cc1OC. The Morgan fingerprint density at radius 1 is 1.06 bits per heavy atom. The van der Waals surface area contributed by atoms with Gasteiger partial charge in [0, 0.05) is 24.1 Å². The normalized spacial score (nSPS) is 20.7. The molecule has 1 fully saturated rings. The first kappa shape index (κ1) is 24.2. The zero-order valence-corrected chi connectivity index (χ0v) is 21.0. The van der Waals surface area contributed by atoms with Crippen LogP contribution in [0.2, 0.25) is 0 Å². The van der Waals surface area contributed by atoms with Crippen molar-refractivity contribution < 1.29 is 14.3 Å². The molecule has 0 aromatic heterocycles. The highest BCUT2D eigenvalue weighted by Crippen LogP contribution is 2.52. The maximum atomic E-state index is 12.6. The van der Waals surface area contributed by atoms with Gasteiger partial charge in [0.25, 0.3) is 0 Å². The summed E-state index contributed by atoms with van der Waals surface area (Å²) in [6.07, 6.45) is 10.8. The zero-order chi connectivity index (χ0) is 24.2. The van der Waals surface area contributed by atoms with Crippen molar-refractivity contribution in [3.05, 3.63) is 59.7 Å². The quantitative estimate of drug-likeness (QED) is 0.435. The fourth-order valence-electron chi connectivity index (χ4n) is 5.33. The van der Waals surface area contributed by atoms with Crippen LogP contribution in [-0.4, -0.2) is 31.8 Å². The Hall–Kier alpha value is -2.95. The smallest absolute Gasteiger partial charge is 0.223 e. The van der Waals surface area contributed by atoms with Crippen molar-refractivity contribution in [1.29, 1.82) is 0 Å². The molecule has 182 valence electrons. The maximum Gasteiger partial charge on any atom is 0.223 e. The number of unbranched alkanes of at least 4 members (excludes halogenated alkanes) is 4. The van der Waals surface area contributed by atoms with Gasteiger partial charge in [-0.3, -0.25) is 4.79 Å². The number of nitrogens with zero attached hydrogens (tertiary/aromatic N) is 1. The zero-order valence-electron chi connectivity index (χ0n) is 21.0. The van der Waals surface area contributed by atoms with Crippen LogP contribution in [0.5, 0.6) is 11.5 Å². The van der Waals surface area contributed by atoms with Crippen molar-refractivity contribution in [2.75, 3.05) is 25.2 Å². The van der Waals surface area contributed by atoms with Gasteiger partial charge < -0.3 is 19.7 Å². The van der Waals surface area contributed by atoms with Crippen LogP contribution in [0.15, 0.2) is 48.5 Å². The van der Waals surface area contributed by atoms with Crippen molar-refractivity contribution in [1.82, 2.24) is 5.32 Å². The Bertz CT molecular complexity index is 1050. The molecule has 4 rings (SSSR count). The number of benzene rings is 2. The number of hydrogen-bond donors (Lipinski definition) is 1.